The largest absolute Gasteiger partial charge is 0.227 e. The fourth-order valence-corrected chi connectivity index (χ4v) is 1.91. The van der Waals surface area contributed by atoms with Gasteiger partial charge in [-0.2, -0.15) is 0 Å². The SMILES string of the molecule is C=C(C)CS(=O)OOS(=O)CC(=C)C. The summed E-state index contributed by atoms with van der Waals surface area (Å²) in [6, 6.07) is 0. The Hall–Kier alpha value is -0.300. The van der Waals surface area contributed by atoms with Crippen LogP contribution in [-0.4, -0.2) is 19.9 Å². The first-order valence-electron chi connectivity index (χ1n) is 3.82. The molecule has 0 aliphatic rings. The lowest BCUT2D eigenvalue weighted by atomic mass is 10.4. The highest BCUT2D eigenvalue weighted by Crippen LogP contribution is 2.00. The van der Waals surface area contributed by atoms with Crippen LogP contribution in [0.15, 0.2) is 24.3 Å². The average molecular weight is 238 g/mol. The Bertz CT molecular complexity index is 245. The zero-order valence-electron chi connectivity index (χ0n) is 8.28. The highest BCUT2D eigenvalue weighted by atomic mass is 32.2. The molecule has 6 heteroatoms. The van der Waals surface area contributed by atoms with Crippen LogP contribution in [0.1, 0.15) is 13.8 Å². The second-order valence-electron chi connectivity index (χ2n) is 2.95. The summed E-state index contributed by atoms with van der Waals surface area (Å²) in [7, 11) is 0. The average Bonchev–Trinajstić information content (AvgIpc) is 1.98. The van der Waals surface area contributed by atoms with Gasteiger partial charge in [0.1, 0.15) is 0 Å². The predicted octanol–water partition coefficient (Wildman–Crippen LogP) is 1.41. The first kappa shape index (κ1) is 13.7. The van der Waals surface area contributed by atoms with Gasteiger partial charge in [-0.05, 0) is 13.8 Å². The van der Waals surface area contributed by atoms with E-state index < -0.39 is 22.2 Å². The Labute approximate surface area is 89.2 Å². The molecule has 82 valence electrons. The molecule has 0 fully saturated rings. The third-order valence-corrected chi connectivity index (χ3v) is 2.89. The lowest BCUT2D eigenvalue weighted by Crippen LogP contribution is -2.08. The molecule has 0 radical (unpaired) electrons. The second kappa shape index (κ2) is 7.05. The molecule has 0 aliphatic carbocycles. The molecule has 0 aromatic rings. The highest BCUT2D eigenvalue weighted by molar-refractivity contribution is 7.82. The standard InChI is InChI=1S/C8H14O4S2/c1-7(2)5-13(9)11-12-14(10)6-8(3)4/h1,3,5-6H2,2,4H3. The van der Waals surface area contributed by atoms with Gasteiger partial charge >= 0.3 is 0 Å². The molecule has 0 aromatic carbocycles. The van der Waals surface area contributed by atoms with Gasteiger partial charge in [0, 0.05) is 0 Å². The second-order valence-corrected chi connectivity index (χ2v) is 5.01. The number of hydrogen-bond donors (Lipinski definition) is 0. The summed E-state index contributed by atoms with van der Waals surface area (Å²) < 4.78 is 30.8. The van der Waals surface area contributed by atoms with E-state index in [0.717, 1.165) is 0 Å². The maximum absolute atomic E-state index is 11.0. The van der Waals surface area contributed by atoms with Gasteiger partial charge in [-0.25, -0.2) is 8.42 Å². The molecular weight excluding hydrogens is 224 g/mol. The van der Waals surface area contributed by atoms with Crippen molar-refractivity contribution >= 4 is 22.2 Å². The molecule has 4 nitrogen and oxygen atoms in total. The summed E-state index contributed by atoms with van der Waals surface area (Å²) in [5.74, 6) is 0.342. The van der Waals surface area contributed by atoms with Gasteiger partial charge in [0.25, 0.3) is 0 Å². The van der Waals surface area contributed by atoms with Gasteiger partial charge in [-0.15, -0.1) is 8.67 Å². The Morgan fingerprint density at radius 3 is 1.50 bits per heavy atom. The first-order valence-corrected chi connectivity index (χ1v) is 6.31. The molecule has 0 spiro atoms. The zero-order valence-corrected chi connectivity index (χ0v) is 9.91. The Morgan fingerprint density at radius 1 is 1.00 bits per heavy atom. The summed E-state index contributed by atoms with van der Waals surface area (Å²) >= 11 is -3.26. The molecule has 0 aromatic heterocycles. The normalized spacial score (nSPS) is 14.7. The van der Waals surface area contributed by atoms with E-state index in [0.29, 0.717) is 11.1 Å². The minimum atomic E-state index is -1.63. The minimum Gasteiger partial charge on any atom is -0.227 e. The maximum Gasteiger partial charge on any atom is 0.192 e. The summed E-state index contributed by atoms with van der Waals surface area (Å²) in [6.07, 6.45) is 0. The van der Waals surface area contributed by atoms with E-state index in [4.69, 9.17) is 0 Å². The van der Waals surface area contributed by atoms with Crippen molar-refractivity contribution in [3.63, 3.8) is 0 Å². The van der Waals surface area contributed by atoms with Crippen molar-refractivity contribution in [3.05, 3.63) is 24.3 Å². The predicted molar refractivity (Wildman–Crippen MR) is 57.8 cm³/mol. The number of hydrogen-bond acceptors (Lipinski definition) is 4. The van der Waals surface area contributed by atoms with Crippen molar-refractivity contribution < 1.29 is 17.1 Å². The van der Waals surface area contributed by atoms with Crippen LogP contribution in [-0.2, 0) is 30.8 Å². The summed E-state index contributed by atoms with van der Waals surface area (Å²) in [4.78, 5) is 0. The van der Waals surface area contributed by atoms with Crippen molar-refractivity contribution in [2.24, 2.45) is 0 Å². The summed E-state index contributed by atoms with van der Waals surface area (Å²) in [6.45, 7) is 10.5. The fraction of sp³-hybridized carbons (Fsp3) is 0.500. The van der Waals surface area contributed by atoms with Crippen LogP contribution in [0.2, 0.25) is 0 Å². The smallest absolute Gasteiger partial charge is 0.192 e. The lowest BCUT2D eigenvalue weighted by Gasteiger charge is -2.01. The van der Waals surface area contributed by atoms with Crippen LogP contribution in [0.25, 0.3) is 0 Å². The summed E-state index contributed by atoms with van der Waals surface area (Å²) in [5.41, 5.74) is 1.41. The van der Waals surface area contributed by atoms with E-state index in [2.05, 4.69) is 21.8 Å². The molecule has 0 N–H and O–H groups in total. The molecule has 0 heterocycles. The van der Waals surface area contributed by atoms with Crippen molar-refractivity contribution in [2.75, 3.05) is 11.5 Å². The van der Waals surface area contributed by atoms with Crippen molar-refractivity contribution in [3.8, 4) is 0 Å². The van der Waals surface area contributed by atoms with E-state index in [1.54, 1.807) is 13.8 Å². The monoisotopic (exact) mass is 238 g/mol. The van der Waals surface area contributed by atoms with Gasteiger partial charge in [-0.3, -0.25) is 0 Å². The van der Waals surface area contributed by atoms with Gasteiger partial charge in [0.05, 0.1) is 11.5 Å². The Balaban J connectivity index is 3.72. The molecule has 0 saturated carbocycles. The molecule has 2 atom stereocenters. The Kier molecular flexibility index (Phi) is 6.90. The molecule has 0 amide bonds. The van der Waals surface area contributed by atoms with Crippen molar-refractivity contribution in [1.82, 2.24) is 0 Å². The fourth-order valence-electron chi connectivity index (χ4n) is 0.512. The quantitative estimate of drug-likeness (QED) is 0.382. The third-order valence-electron chi connectivity index (χ3n) is 0.908. The summed E-state index contributed by atoms with van der Waals surface area (Å²) in [5, 5.41) is 0. The van der Waals surface area contributed by atoms with Crippen LogP contribution < -0.4 is 0 Å². The molecular formula is C8H14O4S2. The molecule has 0 rings (SSSR count). The van der Waals surface area contributed by atoms with E-state index >= 15 is 0 Å². The van der Waals surface area contributed by atoms with Crippen LogP contribution in [0, 0.1) is 0 Å². The van der Waals surface area contributed by atoms with Crippen LogP contribution in [0.5, 0.6) is 0 Å². The van der Waals surface area contributed by atoms with E-state index in [1.807, 2.05) is 0 Å². The van der Waals surface area contributed by atoms with E-state index in [9.17, 15) is 8.42 Å². The zero-order chi connectivity index (χ0) is 11.1. The van der Waals surface area contributed by atoms with E-state index in [-0.39, 0.29) is 11.5 Å². The van der Waals surface area contributed by atoms with Gasteiger partial charge < -0.3 is 0 Å². The third kappa shape index (κ3) is 8.31. The highest BCUT2D eigenvalue weighted by Gasteiger charge is 2.06. The van der Waals surface area contributed by atoms with Crippen LogP contribution in [0.3, 0.4) is 0 Å². The van der Waals surface area contributed by atoms with Crippen LogP contribution >= 0.6 is 0 Å². The minimum absolute atomic E-state index is 0.171. The van der Waals surface area contributed by atoms with Crippen LogP contribution in [0.4, 0.5) is 0 Å². The van der Waals surface area contributed by atoms with Gasteiger partial charge in [0.15, 0.2) is 22.2 Å². The van der Waals surface area contributed by atoms with Gasteiger partial charge in [0.2, 0.25) is 0 Å². The molecule has 0 saturated heterocycles. The van der Waals surface area contributed by atoms with Gasteiger partial charge in [-0.1, -0.05) is 24.3 Å². The molecule has 0 bridgehead atoms. The topological polar surface area (TPSA) is 52.6 Å². The molecule has 14 heavy (non-hydrogen) atoms. The maximum atomic E-state index is 11.0. The Morgan fingerprint density at radius 2 is 1.29 bits per heavy atom. The lowest BCUT2D eigenvalue weighted by molar-refractivity contribution is -0.0699. The number of rotatable bonds is 7. The van der Waals surface area contributed by atoms with E-state index in [1.165, 1.54) is 0 Å². The molecule has 2 unspecified atom stereocenters. The van der Waals surface area contributed by atoms with Crippen molar-refractivity contribution in [2.45, 2.75) is 13.8 Å². The molecule has 0 aliphatic heterocycles. The first-order chi connectivity index (χ1) is 6.41. The van der Waals surface area contributed by atoms with Crippen molar-refractivity contribution in [1.29, 1.82) is 0 Å².